The Morgan fingerprint density at radius 3 is 2.54 bits per heavy atom. The summed E-state index contributed by atoms with van der Waals surface area (Å²) in [4.78, 5) is 17.9. The normalized spacial score (nSPS) is 14.0. The van der Waals surface area contributed by atoms with Gasteiger partial charge in [-0.25, -0.2) is 4.79 Å². The third-order valence-corrected chi connectivity index (χ3v) is 4.09. The van der Waals surface area contributed by atoms with E-state index in [1.54, 1.807) is 37.6 Å². The molecule has 1 saturated heterocycles. The minimum atomic E-state index is -0.0810. The van der Waals surface area contributed by atoms with E-state index in [0.29, 0.717) is 11.6 Å². The molecule has 2 heterocycles. The maximum absolute atomic E-state index is 12.1. The summed E-state index contributed by atoms with van der Waals surface area (Å²) >= 11 is 0. The molecule has 24 heavy (non-hydrogen) atoms. The van der Waals surface area contributed by atoms with E-state index in [0.717, 1.165) is 36.6 Å². The van der Waals surface area contributed by atoms with Gasteiger partial charge in [0.2, 0.25) is 0 Å². The van der Waals surface area contributed by atoms with Crippen molar-refractivity contribution in [3.63, 3.8) is 0 Å². The van der Waals surface area contributed by atoms with Crippen LogP contribution in [-0.2, 0) is 6.42 Å². The number of amides is 2. The number of aromatic nitrogens is 1. The number of nitrogens with one attached hydrogen (secondary N) is 1. The number of anilines is 1. The van der Waals surface area contributed by atoms with Crippen molar-refractivity contribution in [1.82, 2.24) is 9.88 Å². The molecular formula is C18H21N3O3. The summed E-state index contributed by atoms with van der Waals surface area (Å²) in [6.07, 6.45) is 4.21. The Labute approximate surface area is 141 Å². The summed E-state index contributed by atoms with van der Waals surface area (Å²) in [5.74, 6) is 2.02. The van der Waals surface area contributed by atoms with Gasteiger partial charge in [0.1, 0.15) is 11.5 Å². The predicted octanol–water partition coefficient (Wildman–Crippen LogP) is 2.81. The fourth-order valence-corrected chi connectivity index (χ4v) is 2.82. The Bertz CT molecular complexity index is 678. The molecule has 1 aliphatic heterocycles. The Morgan fingerprint density at radius 2 is 1.96 bits per heavy atom. The Morgan fingerprint density at radius 1 is 1.25 bits per heavy atom. The molecular weight excluding hydrogens is 306 g/mol. The fourth-order valence-electron chi connectivity index (χ4n) is 2.82. The molecule has 6 heteroatoms. The van der Waals surface area contributed by atoms with Crippen LogP contribution in [0.4, 0.5) is 10.5 Å². The first-order valence-corrected chi connectivity index (χ1v) is 7.86. The van der Waals surface area contributed by atoms with Crippen LogP contribution in [0.15, 0.2) is 42.7 Å². The van der Waals surface area contributed by atoms with Crippen molar-refractivity contribution in [3.05, 3.63) is 48.3 Å². The highest BCUT2D eigenvalue weighted by Crippen LogP contribution is 2.27. The number of nitrogens with zero attached hydrogens (tertiary/aromatic N) is 2. The zero-order valence-corrected chi connectivity index (χ0v) is 13.9. The first-order chi connectivity index (χ1) is 11.7. The van der Waals surface area contributed by atoms with E-state index in [4.69, 9.17) is 9.47 Å². The maximum atomic E-state index is 12.1. The molecule has 0 aliphatic carbocycles. The van der Waals surface area contributed by atoms with E-state index < -0.39 is 0 Å². The van der Waals surface area contributed by atoms with Gasteiger partial charge in [-0.05, 0) is 42.2 Å². The van der Waals surface area contributed by atoms with Crippen LogP contribution in [0.25, 0.3) is 0 Å². The number of rotatable bonds is 5. The number of carbonyl (C=O) groups excluding carboxylic acids is 1. The smallest absolute Gasteiger partial charge is 0.321 e. The maximum Gasteiger partial charge on any atom is 0.321 e. The van der Waals surface area contributed by atoms with Gasteiger partial charge in [-0.3, -0.25) is 4.98 Å². The van der Waals surface area contributed by atoms with Crippen LogP contribution in [0.5, 0.6) is 11.5 Å². The second-order valence-electron chi connectivity index (χ2n) is 5.87. The van der Waals surface area contributed by atoms with Gasteiger partial charge in [0, 0.05) is 25.4 Å². The minimum absolute atomic E-state index is 0.0810. The second kappa shape index (κ2) is 7.21. The number of urea groups is 1. The van der Waals surface area contributed by atoms with Crippen LogP contribution in [0.2, 0.25) is 0 Å². The summed E-state index contributed by atoms with van der Waals surface area (Å²) in [7, 11) is 3.29. The van der Waals surface area contributed by atoms with Crippen LogP contribution in [0.1, 0.15) is 5.56 Å². The van der Waals surface area contributed by atoms with E-state index in [-0.39, 0.29) is 6.03 Å². The summed E-state index contributed by atoms with van der Waals surface area (Å²) in [6.45, 7) is 1.48. The van der Waals surface area contributed by atoms with Crippen molar-refractivity contribution in [3.8, 4) is 11.5 Å². The van der Waals surface area contributed by atoms with Crippen LogP contribution in [-0.4, -0.2) is 43.2 Å². The number of pyridine rings is 1. The molecule has 126 valence electrons. The molecule has 1 fully saturated rings. The molecule has 1 aromatic heterocycles. The molecule has 1 aromatic carbocycles. The van der Waals surface area contributed by atoms with Crippen LogP contribution < -0.4 is 14.8 Å². The molecule has 6 nitrogen and oxygen atoms in total. The van der Waals surface area contributed by atoms with Gasteiger partial charge in [-0.1, -0.05) is 0 Å². The predicted molar refractivity (Wildman–Crippen MR) is 91.6 cm³/mol. The van der Waals surface area contributed by atoms with Gasteiger partial charge in [-0.15, -0.1) is 0 Å². The van der Waals surface area contributed by atoms with E-state index in [9.17, 15) is 4.79 Å². The molecule has 0 radical (unpaired) electrons. The fraction of sp³-hybridized carbons (Fsp3) is 0.333. The van der Waals surface area contributed by atoms with E-state index in [1.807, 2.05) is 24.3 Å². The molecule has 0 spiro atoms. The van der Waals surface area contributed by atoms with Crippen molar-refractivity contribution >= 4 is 11.7 Å². The number of hydrogen-bond donors (Lipinski definition) is 1. The Hall–Kier alpha value is -2.76. The van der Waals surface area contributed by atoms with Crippen molar-refractivity contribution in [2.75, 3.05) is 32.6 Å². The van der Waals surface area contributed by atoms with Gasteiger partial charge in [0.15, 0.2) is 0 Å². The molecule has 2 amide bonds. The monoisotopic (exact) mass is 327 g/mol. The number of methoxy groups -OCH3 is 2. The van der Waals surface area contributed by atoms with Gasteiger partial charge < -0.3 is 19.7 Å². The number of carbonyl (C=O) groups is 1. The van der Waals surface area contributed by atoms with E-state index >= 15 is 0 Å². The number of benzene rings is 1. The van der Waals surface area contributed by atoms with Crippen LogP contribution in [0.3, 0.4) is 0 Å². The van der Waals surface area contributed by atoms with Gasteiger partial charge in [0.05, 0.1) is 26.1 Å². The average molecular weight is 327 g/mol. The zero-order valence-electron chi connectivity index (χ0n) is 13.9. The summed E-state index contributed by atoms with van der Waals surface area (Å²) in [6, 6.07) is 9.43. The second-order valence-corrected chi connectivity index (χ2v) is 5.87. The third-order valence-electron chi connectivity index (χ3n) is 4.09. The molecule has 0 unspecified atom stereocenters. The largest absolute Gasteiger partial charge is 0.497 e. The standard InChI is InChI=1S/C18H21N3O3/c1-23-16-7-13(8-17(9-16)24-2)6-14-11-21(12-14)18(22)20-15-4-3-5-19-10-15/h3-5,7-10,14H,6,11-12H2,1-2H3,(H,20,22). The van der Waals surface area contributed by atoms with Crippen LogP contribution in [0, 0.1) is 5.92 Å². The highest BCUT2D eigenvalue weighted by atomic mass is 16.5. The van der Waals surface area contributed by atoms with Gasteiger partial charge in [-0.2, -0.15) is 0 Å². The van der Waals surface area contributed by atoms with E-state index in [2.05, 4.69) is 10.3 Å². The molecule has 0 saturated carbocycles. The Balaban J connectivity index is 1.53. The van der Waals surface area contributed by atoms with Gasteiger partial charge in [0.25, 0.3) is 0 Å². The molecule has 1 N–H and O–H groups in total. The van der Waals surface area contributed by atoms with E-state index in [1.165, 1.54) is 0 Å². The molecule has 2 aromatic rings. The summed E-state index contributed by atoms with van der Waals surface area (Å²) in [5, 5.41) is 2.85. The number of hydrogen-bond acceptors (Lipinski definition) is 4. The zero-order chi connectivity index (χ0) is 16.9. The lowest BCUT2D eigenvalue weighted by Gasteiger charge is -2.39. The summed E-state index contributed by atoms with van der Waals surface area (Å²) < 4.78 is 10.6. The molecule has 0 bridgehead atoms. The number of ether oxygens (including phenoxy) is 2. The topological polar surface area (TPSA) is 63.7 Å². The average Bonchev–Trinajstić information content (AvgIpc) is 2.58. The minimum Gasteiger partial charge on any atom is -0.497 e. The first kappa shape index (κ1) is 16.1. The number of likely N-dealkylation sites (tertiary alicyclic amines) is 1. The molecule has 1 aliphatic rings. The van der Waals surface area contributed by atoms with Crippen LogP contribution >= 0.6 is 0 Å². The lowest BCUT2D eigenvalue weighted by molar-refractivity contribution is 0.131. The lowest BCUT2D eigenvalue weighted by Crippen LogP contribution is -2.52. The lowest BCUT2D eigenvalue weighted by atomic mass is 9.92. The van der Waals surface area contributed by atoms with Gasteiger partial charge >= 0.3 is 6.03 Å². The molecule has 0 atom stereocenters. The molecule has 3 rings (SSSR count). The highest BCUT2D eigenvalue weighted by molar-refractivity contribution is 5.89. The quantitative estimate of drug-likeness (QED) is 0.917. The van der Waals surface area contributed by atoms with Crippen molar-refractivity contribution in [2.45, 2.75) is 6.42 Å². The Kier molecular flexibility index (Phi) is 4.84. The summed E-state index contributed by atoms with van der Waals surface area (Å²) in [5.41, 5.74) is 1.87. The van der Waals surface area contributed by atoms with Crippen molar-refractivity contribution in [2.24, 2.45) is 5.92 Å². The van der Waals surface area contributed by atoms with Crippen molar-refractivity contribution in [1.29, 1.82) is 0 Å². The first-order valence-electron chi connectivity index (χ1n) is 7.86. The third kappa shape index (κ3) is 3.76. The van der Waals surface area contributed by atoms with Crippen molar-refractivity contribution < 1.29 is 14.3 Å². The highest BCUT2D eigenvalue weighted by Gasteiger charge is 2.30. The SMILES string of the molecule is COc1cc(CC2CN(C(=O)Nc3cccnc3)C2)cc(OC)c1.